The second-order valence-corrected chi connectivity index (χ2v) is 4.30. The van der Waals surface area contributed by atoms with Crippen LogP contribution in [0.1, 0.15) is 17.0 Å². The lowest BCUT2D eigenvalue weighted by Gasteiger charge is -2.15. The molecule has 3 rings (SSSR count). The van der Waals surface area contributed by atoms with E-state index in [1.807, 2.05) is 0 Å². The molecule has 0 saturated carbocycles. The Morgan fingerprint density at radius 3 is 3.16 bits per heavy atom. The summed E-state index contributed by atoms with van der Waals surface area (Å²) in [5.41, 5.74) is 0. The van der Waals surface area contributed by atoms with E-state index in [1.54, 1.807) is 35.6 Å². The van der Waals surface area contributed by atoms with Gasteiger partial charge in [0.05, 0.1) is 19.0 Å². The molecule has 1 aliphatic rings. The predicted molar refractivity (Wildman–Crippen MR) is 65.7 cm³/mol. The number of hydrogen-bond donors (Lipinski definition) is 0. The molecule has 1 unspecified atom stereocenters. The molecule has 6 nitrogen and oxygen atoms in total. The highest BCUT2D eigenvalue weighted by atomic mass is 16.5. The molecule has 6 heteroatoms. The Morgan fingerprint density at radius 2 is 2.42 bits per heavy atom. The summed E-state index contributed by atoms with van der Waals surface area (Å²) < 4.78 is 10.8. The molecular formula is C13H13N3O3. The van der Waals surface area contributed by atoms with Gasteiger partial charge in [-0.15, -0.1) is 0 Å². The van der Waals surface area contributed by atoms with Crippen LogP contribution in [0.2, 0.25) is 0 Å². The lowest BCUT2D eigenvalue weighted by molar-refractivity contribution is 0.0740. The standard InChI is InChI=1S/C13H13N3O3/c17-13(11-2-1-7-18-11)16-6-3-10(9-16)19-12-8-14-4-5-15-12/h1-2,4-5,7-8,10H,3,6,9H2. The lowest BCUT2D eigenvalue weighted by Crippen LogP contribution is -2.30. The van der Waals surface area contributed by atoms with Crippen molar-refractivity contribution < 1.29 is 13.9 Å². The molecule has 19 heavy (non-hydrogen) atoms. The van der Waals surface area contributed by atoms with E-state index in [0.29, 0.717) is 24.7 Å². The molecule has 0 radical (unpaired) electrons. The molecule has 1 aliphatic heterocycles. The van der Waals surface area contributed by atoms with Crippen LogP contribution in [-0.2, 0) is 0 Å². The number of amides is 1. The monoisotopic (exact) mass is 259 g/mol. The first-order valence-corrected chi connectivity index (χ1v) is 6.08. The Kier molecular flexibility index (Phi) is 3.14. The summed E-state index contributed by atoms with van der Waals surface area (Å²) in [6.07, 6.45) is 6.97. The predicted octanol–water partition coefficient (Wildman–Crippen LogP) is 1.36. The molecule has 1 saturated heterocycles. The number of aromatic nitrogens is 2. The molecule has 1 amide bonds. The third kappa shape index (κ3) is 2.57. The summed E-state index contributed by atoms with van der Waals surface area (Å²) in [6, 6.07) is 3.37. The van der Waals surface area contributed by atoms with Crippen molar-refractivity contribution in [2.75, 3.05) is 13.1 Å². The minimum absolute atomic E-state index is 0.0457. The number of hydrogen-bond acceptors (Lipinski definition) is 5. The lowest BCUT2D eigenvalue weighted by atomic mass is 10.3. The van der Waals surface area contributed by atoms with Gasteiger partial charge in [0.15, 0.2) is 5.76 Å². The number of nitrogens with zero attached hydrogens (tertiary/aromatic N) is 3. The highest BCUT2D eigenvalue weighted by Gasteiger charge is 2.29. The smallest absolute Gasteiger partial charge is 0.289 e. The fraction of sp³-hybridized carbons (Fsp3) is 0.308. The molecule has 98 valence electrons. The normalized spacial score (nSPS) is 18.5. The third-order valence-electron chi connectivity index (χ3n) is 2.99. The first kappa shape index (κ1) is 11.7. The number of furan rings is 1. The summed E-state index contributed by atoms with van der Waals surface area (Å²) >= 11 is 0. The van der Waals surface area contributed by atoms with Crippen molar-refractivity contribution >= 4 is 5.91 Å². The molecule has 2 aromatic heterocycles. The first-order chi connectivity index (χ1) is 9.33. The maximum absolute atomic E-state index is 12.1. The maximum Gasteiger partial charge on any atom is 0.289 e. The van der Waals surface area contributed by atoms with E-state index < -0.39 is 0 Å². The Balaban J connectivity index is 1.60. The van der Waals surface area contributed by atoms with Crippen molar-refractivity contribution in [3.63, 3.8) is 0 Å². The fourth-order valence-electron chi connectivity index (χ4n) is 2.08. The van der Waals surface area contributed by atoms with Gasteiger partial charge in [-0.2, -0.15) is 0 Å². The van der Waals surface area contributed by atoms with E-state index in [9.17, 15) is 4.79 Å². The van der Waals surface area contributed by atoms with Gasteiger partial charge in [0, 0.05) is 25.4 Å². The zero-order valence-corrected chi connectivity index (χ0v) is 10.2. The molecule has 2 aromatic rings. The Hall–Kier alpha value is -2.37. The molecule has 3 heterocycles. The van der Waals surface area contributed by atoms with Crippen LogP contribution in [0, 0.1) is 0 Å². The summed E-state index contributed by atoms with van der Waals surface area (Å²) in [4.78, 5) is 21.8. The van der Waals surface area contributed by atoms with Gasteiger partial charge in [0.1, 0.15) is 6.10 Å². The minimum atomic E-state index is -0.102. The van der Waals surface area contributed by atoms with Gasteiger partial charge in [0.2, 0.25) is 5.88 Å². The zero-order valence-electron chi connectivity index (χ0n) is 10.2. The molecule has 0 aliphatic carbocycles. The van der Waals surface area contributed by atoms with Crippen molar-refractivity contribution in [2.24, 2.45) is 0 Å². The van der Waals surface area contributed by atoms with Crippen molar-refractivity contribution in [3.05, 3.63) is 42.7 Å². The summed E-state index contributed by atoms with van der Waals surface area (Å²) in [7, 11) is 0. The second kappa shape index (κ2) is 5.09. The van der Waals surface area contributed by atoms with Crippen molar-refractivity contribution in [2.45, 2.75) is 12.5 Å². The maximum atomic E-state index is 12.1. The molecular weight excluding hydrogens is 246 g/mol. The van der Waals surface area contributed by atoms with Crippen molar-refractivity contribution in [3.8, 4) is 5.88 Å². The largest absolute Gasteiger partial charge is 0.471 e. The molecule has 1 fully saturated rings. The Morgan fingerprint density at radius 1 is 1.47 bits per heavy atom. The van der Waals surface area contributed by atoms with Gasteiger partial charge in [0.25, 0.3) is 5.91 Å². The fourth-order valence-corrected chi connectivity index (χ4v) is 2.08. The Labute approximate surface area is 110 Å². The van der Waals surface area contributed by atoms with Crippen molar-refractivity contribution in [1.29, 1.82) is 0 Å². The number of rotatable bonds is 3. The van der Waals surface area contributed by atoms with Gasteiger partial charge in [-0.1, -0.05) is 0 Å². The van der Waals surface area contributed by atoms with Gasteiger partial charge in [-0.05, 0) is 12.1 Å². The average Bonchev–Trinajstić information content (AvgIpc) is 3.10. The van der Waals surface area contributed by atoms with Crippen LogP contribution >= 0.6 is 0 Å². The quantitative estimate of drug-likeness (QED) is 0.832. The van der Waals surface area contributed by atoms with E-state index in [4.69, 9.17) is 9.15 Å². The van der Waals surface area contributed by atoms with E-state index in [1.165, 1.54) is 6.26 Å². The summed E-state index contributed by atoms with van der Waals surface area (Å²) in [5, 5.41) is 0. The average molecular weight is 259 g/mol. The Bertz CT molecular complexity index is 542. The van der Waals surface area contributed by atoms with E-state index >= 15 is 0 Å². The van der Waals surface area contributed by atoms with Crippen LogP contribution in [0.15, 0.2) is 41.4 Å². The van der Waals surface area contributed by atoms with E-state index in [0.717, 1.165) is 6.42 Å². The zero-order chi connectivity index (χ0) is 13.1. The van der Waals surface area contributed by atoms with Crippen LogP contribution in [-0.4, -0.2) is 40.0 Å². The highest BCUT2D eigenvalue weighted by molar-refractivity contribution is 5.91. The van der Waals surface area contributed by atoms with Gasteiger partial charge in [-0.3, -0.25) is 9.78 Å². The van der Waals surface area contributed by atoms with Crippen LogP contribution in [0.5, 0.6) is 5.88 Å². The van der Waals surface area contributed by atoms with Crippen LogP contribution in [0.4, 0.5) is 0 Å². The number of ether oxygens (including phenoxy) is 1. The summed E-state index contributed by atoms with van der Waals surface area (Å²) in [5.74, 6) is 0.746. The van der Waals surface area contributed by atoms with Crippen LogP contribution < -0.4 is 4.74 Å². The molecule has 1 atom stereocenters. The summed E-state index contributed by atoms with van der Waals surface area (Å²) in [6.45, 7) is 1.20. The number of carbonyl (C=O) groups excluding carboxylic acids is 1. The molecule has 0 bridgehead atoms. The van der Waals surface area contributed by atoms with Gasteiger partial charge in [-0.25, -0.2) is 4.98 Å². The van der Waals surface area contributed by atoms with Gasteiger partial charge < -0.3 is 14.1 Å². The number of likely N-dealkylation sites (tertiary alicyclic amines) is 1. The van der Waals surface area contributed by atoms with E-state index in [2.05, 4.69) is 9.97 Å². The highest BCUT2D eigenvalue weighted by Crippen LogP contribution is 2.17. The second-order valence-electron chi connectivity index (χ2n) is 4.30. The number of carbonyl (C=O) groups is 1. The minimum Gasteiger partial charge on any atom is -0.471 e. The molecule has 0 spiro atoms. The molecule has 0 aromatic carbocycles. The van der Waals surface area contributed by atoms with Gasteiger partial charge >= 0.3 is 0 Å². The first-order valence-electron chi connectivity index (χ1n) is 6.08. The van der Waals surface area contributed by atoms with E-state index in [-0.39, 0.29) is 12.0 Å². The molecule has 0 N–H and O–H groups in total. The third-order valence-corrected chi connectivity index (χ3v) is 2.99. The van der Waals surface area contributed by atoms with Crippen molar-refractivity contribution in [1.82, 2.24) is 14.9 Å². The van der Waals surface area contributed by atoms with Crippen LogP contribution in [0.3, 0.4) is 0 Å². The SMILES string of the molecule is O=C(c1ccco1)N1CCC(Oc2cnccn2)C1. The topological polar surface area (TPSA) is 68.5 Å². The van der Waals surface area contributed by atoms with Crippen LogP contribution in [0.25, 0.3) is 0 Å².